The van der Waals surface area contributed by atoms with E-state index in [1.807, 2.05) is 36.4 Å². The molecule has 0 aromatic heterocycles. The number of benzene rings is 2. The number of fused-ring (bicyclic) bond motifs is 1. The van der Waals surface area contributed by atoms with Crippen molar-refractivity contribution in [3.8, 4) is 17.2 Å². The van der Waals surface area contributed by atoms with Gasteiger partial charge in [-0.05, 0) is 42.3 Å². The fourth-order valence-corrected chi connectivity index (χ4v) is 2.93. The third-order valence-electron chi connectivity index (χ3n) is 3.80. The second-order valence-electron chi connectivity index (χ2n) is 5.42. The highest BCUT2D eigenvalue weighted by Crippen LogP contribution is 2.32. The summed E-state index contributed by atoms with van der Waals surface area (Å²) in [6.45, 7) is 0.691. The summed E-state index contributed by atoms with van der Waals surface area (Å²) in [5, 5.41) is 2.93. The van der Waals surface area contributed by atoms with Gasteiger partial charge in [0.25, 0.3) is 0 Å². The van der Waals surface area contributed by atoms with Gasteiger partial charge in [-0.3, -0.25) is 4.79 Å². The van der Waals surface area contributed by atoms with Crippen LogP contribution in [0.15, 0.2) is 40.9 Å². The predicted octanol–water partition coefficient (Wildman–Crippen LogP) is 3.44. The van der Waals surface area contributed by atoms with E-state index in [1.165, 1.54) is 0 Å². The molecule has 0 radical (unpaired) electrons. The van der Waals surface area contributed by atoms with Gasteiger partial charge in [-0.2, -0.15) is 0 Å². The SMILES string of the molecule is COc1ccc(Br)cc1CNC(=O)CCc1ccc2c(c1)OCO2. The second-order valence-corrected chi connectivity index (χ2v) is 6.34. The summed E-state index contributed by atoms with van der Waals surface area (Å²) in [7, 11) is 1.62. The van der Waals surface area contributed by atoms with Crippen LogP contribution >= 0.6 is 15.9 Å². The van der Waals surface area contributed by atoms with Gasteiger partial charge >= 0.3 is 0 Å². The maximum absolute atomic E-state index is 12.1. The van der Waals surface area contributed by atoms with Crippen LogP contribution in [0, 0.1) is 0 Å². The number of ether oxygens (including phenoxy) is 3. The zero-order valence-electron chi connectivity index (χ0n) is 13.3. The Morgan fingerprint density at radius 2 is 2.04 bits per heavy atom. The monoisotopic (exact) mass is 391 g/mol. The number of aryl methyl sites for hydroxylation is 1. The molecular formula is C18H18BrNO4. The molecule has 0 unspecified atom stereocenters. The average Bonchev–Trinajstić information content (AvgIpc) is 3.06. The number of rotatable bonds is 6. The lowest BCUT2D eigenvalue weighted by Crippen LogP contribution is -2.23. The Labute approximate surface area is 149 Å². The van der Waals surface area contributed by atoms with E-state index in [9.17, 15) is 4.79 Å². The minimum atomic E-state index is -0.00491. The first-order valence-corrected chi connectivity index (χ1v) is 8.42. The van der Waals surface area contributed by atoms with Crippen molar-refractivity contribution in [3.63, 3.8) is 0 Å². The molecule has 2 aromatic rings. The number of carbonyl (C=O) groups excluding carboxylic acids is 1. The molecule has 0 bridgehead atoms. The highest BCUT2D eigenvalue weighted by Gasteiger charge is 2.13. The molecule has 1 N–H and O–H groups in total. The first-order valence-electron chi connectivity index (χ1n) is 7.63. The number of amides is 1. The molecule has 0 aliphatic carbocycles. The van der Waals surface area contributed by atoms with Crippen LogP contribution in [-0.4, -0.2) is 19.8 Å². The van der Waals surface area contributed by atoms with E-state index in [0.717, 1.165) is 32.8 Å². The van der Waals surface area contributed by atoms with Gasteiger partial charge in [0.1, 0.15) is 5.75 Å². The summed E-state index contributed by atoms with van der Waals surface area (Å²) < 4.78 is 16.9. The number of nitrogens with one attached hydrogen (secondary N) is 1. The van der Waals surface area contributed by atoms with E-state index in [2.05, 4.69) is 21.2 Å². The average molecular weight is 392 g/mol. The minimum absolute atomic E-state index is 0.00491. The van der Waals surface area contributed by atoms with Gasteiger partial charge in [-0.1, -0.05) is 22.0 Å². The van der Waals surface area contributed by atoms with E-state index in [4.69, 9.17) is 14.2 Å². The van der Waals surface area contributed by atoms with E-state index in [-0.39, 0.29) is 12.7 Å². The first-order chi connectivity index (χ1) is 11.7. The van der Waals surface area contributed by atoms with Gasteiger partial charge < -0.3 is 19.5 Å². The van der Waals surface area contributed by atoms with Crippen LogP contribution in [0.1, 0.15) is 17.5 Å². The zero-order chi connectivity index (χ0) is 16.9. The molecule has 2 aromatic carbocycles. The van der Waals surface area contributed by atoms with Gasteiger partial charge in [0.15, 0.2) is 11.5 Å². The summed E-state index contributed by atoms with van der Waals surface area (Å²) in [5.41, 5.74) is 1.98. The predicted molar refractivity (Wildman–Crippen MR) is 93.4 cm³/mol. The van der Waals surface area contributed by atoms with Crippen LogP contribution in [0.2, 0.25) is 0 Å². The van der Waals surface area contributed by atoms with Crippen molar-refractivity contribution in [1.82, 2.24) is 5.32 Å². The number of hydrogen-bond acceptors (Lipinski definition) is 4. The van der Waals surface area contributed by atoms with Crippen molar-refractivity contribution in [3.05, 3.63) is 52.0 Å². The van der Waals surface area contributed by atoms with Crippen molar-refractivity contribution in [2.75, 3.05) is 13.9 Å². The van der Waals surface area contributed by atoms with Crippen molar-refractivity contribution < 1.29 is 19.0 Å². The second kappa shape index (κ2) is 7.57. The molecule has 5 nitrogen and oxygen atoms in total. The van der Waals surface area contributed by atoms with E-state index < -0.39 is 0 Å². The van der Waals surface area contributed by atoms with Crippen molar-refractivity contribution in [1.29, 1.82) is 0 Å². The normalized spacial score (nSPS) is 12.1. The highest BCUT2D eigenvalue weighted by atomic mass is 79.9. The largest absolute Gasteiger partial charge is 0.496 e. The molecular weight excluding hydrogens is 374 g/mol. The fraction of sp³-hybridized carbons (Fsp3) is 0.278. The van der Waals surface area contributed by atoms with E-state index in [1.54, 1.807) is 7.11 Å². The number of methoxy groups -OCH3 is 1. The highest BCUT2D eigenvalue weighted by molar-refractivity contribution is 9.10. The molecule has 0 atom stereocenters. The number of carbonyl (C=O) groups is 1. The Bertz CT molecular complexity index is 748. The molecule has 1 aliphatic heterocycles. The summed E-state index contributed by atoms with van der Waals surface area (Å²) in [4.78, 5) is 12.1. The molecule has 1 heterocycles. The first kappa shape index (κ1) is 16.6. The Hall–Kier alpha value is -2.21. The van der Waals surface area contributed by atoms with Crippen molar-refractivity contribution in [2.45, 2.75) is 19.4 Å². The van der Waals surface area contributed by atoms with Crippen LogP contribution in [0.4, 0.5) is 0 Å². The summed E-state index contributed by atoms with van der Waals surface area (Å²) >= 11 is 3.43. The van der Waals surface area contributed by atoms with Crippen molar-refractivity contribution in [2.24, 2.45) is 0 Å². The lowest BCUT2D eigenvalue weighted by Gasteiger charge is -2.10. The molecule has 24 heavy (non-hydrogen) atoms. The van der Waals surface area contributed by atoms with Gasteiger partial charge in [0.05, 0.1) is 7.11 Å². The molecule has 6 heteroatoms. The number of hydrogen-bond donors (Lipinski definition) is 1. The van der Waals surface area contributed by atoms with Crippen LogP contribution in [0.5, 0.6) is 17.2 Å². The Morgan fingerprint density at radius 3 is 2.88 bits per heavy atom. The van der Waals surface area contributed by atoms with Gasteiger partial charge in [0.2, 0.25) is 12.7 Å². The van der Waals surface area contributed by atoms with Gasteiger partial charge in [-0.15, -0.1) is 0 Å². The Balaban J connectivity index is 1.52. The lowest BCUT2D eigenvalue weighted by atomic mass is 10.1. The molecule has 126 valence electrons. The van der Waals surface area contributed by atoms with Crippen molar-refractivity contribution >= 4 is 21.8 Å². The molecule has 1 aliphatic rings. The zero-order valence-corrected chi connectivity index (χ0v) is 14.9. The van der Waals surface area contributed by atoms with Gasteiger partial charge in [-0.25, -0.2) is 0 Å². The molecule has 3 rings (SSSR count). The topological polar surface area (TPSA) is 56.8 Å². The van der Waals surface area contributed by atoms with E-state index >= 15 is 0 Å². The standard InChI is InChI=1S/C18H18BrNO4/c1-22-15-6-4-14(19)9-13(15)10-20-18(21)7-3-12-2-5-16-17(8-12)24-11-23-16/h2,4-6,8-9H,3,7,10-11H2,1H3,(H,20,21). The number of halogens is 1. The summed E-state index contributed by atoms with van der Waals surface area (Å²) in [6.07, 6.45) is 1.06. The smallest absolute Gasteiger partial charge is 0.231 e. The summed E-state index contributed by atoms with van der Waals surface area (Å²) in [5.74, 6) is 2.25. The lowest BCUT2D eigenvalue weighted by molar-refractivity contribution is -0.121. The third kappa shape index (κ3) is 4.00. The maximum atomic E-state index is 12.1. The maximum Gasteiger partial charge on any atom is 0.231 e. The van der Waals surface area contributed by atoms with E-state index in [0.29, 0.717) is 19.4 Å². The quantitative estimate of drug-likeness (QED) is 0.819. The Kier molecular flexibility index (Phi) is 5.25. The third-order valence-corrected chi connectivity index (χ3v) is 4.29. The van der Waals surface area contributed by atoms with Crippen LogP contribution in [0.3, 0.4) is 0 Å². The summed E-state index contributed by atoms with van der Waals surface area (Å²) in [6, 6.07) is 11.5. The van der Waals surface area contributed by atoms with Crippen LogP contribution in [0.25, 0.3) is 0 Å². The minimum Gasteiger partial charge on any atom is -0.496 e. The fourth-order valence-electron chi connectivity index (χ4n) is 2.52. The molecule has 0 spiro atoms. The van der Waals surface area contributed by atoms with Gasteiger partial charge in [0, 0.05) is 23.0 Å². The molecule has 0 saturated carbocycles. The van der Waals surface area contributed by atoms with Crippen LogP contribution in [-0.2, 0) is 17.8 Å². The molecule has 0 fully saturated rings. The molecule has 1 amide bonds. The molecule has 0 saturated heterocycles. The Morgan fingerprint density at radius 1 is 1.21 bits per heavy atom. The van der Waals surface area contributed by atoms with Crippen LogP contribution < -0.4 is 19.5 Å².